The Bertz CT molecular complexity index is 2310. The van der Waals surface area contributed by atoms with Crippen molar-refractivity contribution in [1.82, 2.24) is 19.5 Å². The van der Waals surface area contributed by atoms with Crippen LogP contribution in [-0.2, 0) is 19.7 Å². The minimum absolute atomic E-state index is 0.223. The molecule has 266 valence electrons. The monoisotopic (exact) mass is 723 g/mol. The SMILES string of the molecule is CC1(C)O[C@H]2[C@H](n3ccc4c(Cl)ncnc43)O[C@H](COc3ccc4ccc(NC(c5ccccc5)(c5ccccc5)c5ccccc5)nc4c3)[C@@]2(C)O1. The summed E-state index contributed by atoms with van der Waals surface area (Å²) in [5.41, 5.74) is 3.24. The summed E-state index contributed by atoms with van der Waals surface area (Å²) >= 11 is 6.38. The molecule has 1 N–H and O–H groups in total. The van der Waals surface area contributed by atoms with Crippen LogP contribution in [0.5, 0.6) is 5.75 Å². The van der Waals surface area contributed by atoms with E-state index in [1.165, 1.54) is 6.33 Å². The van der Waals surface area contributed by atoms with E-state index < -0.39 is 35.4 Å². The van der Waals surface area contributed by atoms with Crippen LogP contribution in [0.1, 0.15) is 43.7 Å². The maximum absolute atomic E-state index is 6.69. The fraction of sp³-hybridized carbons (Fsp3) is 0.233. The number of hydrogen-bond acceptors (Lipinski definition) is 8. The number of fused-ring (bicyclic) bond motifs is 3. The van der Waals surface area contributed by atoms with Gasteiger partial charge in [0.05, 0.1) is 10.9 Å². The van der Waals surface area contributed by atoms with Gasteiger partial charge in [0.1, 0.15) is 58.6 Å². The second-order valence-corrected chi connectivity index (χ2v) is 14.6. The Balaban J connectivity index is 1.03. The third-order valence-corrected chi connectivity index (χ3v) is 10.7. The number of pyridine rings is 1. The fourth-order valence-corrected chi connectivity index (χ4v) is 8.15. The molecule has 7 aromatic rings. The topological polar surface area (TPSA) is 92.6 Å². The van der Waals surface area contributed by atoms with Gasteiger partial charge in [-0.3, -0.25) is 0 Å². The molecule has 0 amide bonds. The maximum Gasteiger partial charge on any atom is 0.165 e. The molecule has 0 aliphatic carbocycles. The van der Waals surface area contributed by atoms with Gasteiger partial charge in [0.25, 0.3) is 0 Å². The van der Waals surface area contributed by atoms with E-state index in [4.69, 9.17) is 35.5 Å². The number of nitrogens with zero attached hydrogens (tertiary/aromatic N) is 4. The zero-order valence-corrected chi connectivity index (χ0v) is 30.3. The molecule has 9 rings (SSSR count). The normalized spacial score (nSPS) is 22.2. The Hall–Kier alpha value is -5.32. The van der Waals surface area contributed by atoms with Crippen molar-refractivity contribution in [3.63, 3.8) is 0 Å². The number of hydrogen-bond donors (Lipinski definition) is 1. The van der Waals surface area contributed by atoms with Crippen molar-refractivity contribution in [2.24, 2.45) is 0 Å². The largest absolute Gasteiger partial charge is 0.491 e. The minimum Gasteiger partial charge on any atom is -0.491 e. The van der Waals surface area contributed by atoms with Crippen LogP contribution in [0.4, 0.5) is 5.82 Å². The van der Waals surface area contributed by atoms with Crippen molar-refractivity contribution in [3.05, 3.63) is 162 Å². The Morgan fingerprint density at radius 3 is 2.11 bits per heavy atom. The third kappa shape index (κ3) is 5.81. The number of nitrogens with one attached hydrogen (secondary N) is 1. The summed E-state index contributed by atoms with van der Waals surface area (Å²) in [6.07, 6.45) is 1.93. The molecule has 0 radical (unpaired) electrons. The van der Waals surface area contributed by atoms with Crippen LogP contribution in [0, 0.1) is 0 Å². The third-order valence-electron chi connectivity index (χ3n) is 10.4. The molecular formula is C43H38ClN5O4. The molecule has 0 saturated carbocycles. The molecule has 4 aromatic carbocycles. The minimum atomic E-state index is -0.819. The second kappa shape index (κ2) is 13.0. The molecule has 3 aromatic heterocycles. The molecule has 10 heteroatoms. The van der Waals surface area contributed by atoms with E-state index in [9.17, 15) is 0 Å². The number of aromatic nitrogens is 4. The van der Waals surface area contributed by atoms with Gasteiger partial charge in [0.15, 0.2) is 12.0 Å². The first-order chi connectivity index (χ1) is 25.7. The van der Waals surface area contributed by atoms with Crippen LogP contribution in [0.3, 0.4) is 0 Å². The summed E-state index contributed by atoms with van der Waals surface area (Å²) in [5, 5.41) is 5.99. The Morgan fingerprint density at radius 1 is 0.811 bits per heavy atom. The lowest BCUT2D eigenvalue weighted by atomic mass is 9.77. The summed E-state index contributed by atoms with van der Waals surface area (Å²) in [4.78, 5) is 13.8. The van der Waals surface area contributed by atoms with Crippen molar-refractivity contribution in [1.29, 1.82) is 0 Å². The van der Waals surface area contributed by atoms with Gasteiger partial charge in [0, 0.05) is 17.6 Å². The molecule has 9 nitrogen and oxygen atoms in total. The van der Waals surface area contributed by atoms with Crippen LogP contribution >= 0.6 is 11.6 Å². The summed E-state index contributed by atoms with van der Waals surface area (Å²) < 4.78 is 28.1. The van der Waals surface area contributed by atoms with Crippen LogP contribution < -0.4 is 10.1 Å². The van der Waals surface area contributed by atoms with Gasteiger partial charge < -0.3 is 28.8 Å². The van der Waals surface area contributed by atoms with Gasteiger partial charge in [-0.25, -0.2) is 15.0 Å². The van der Waals surface area contributed by atoms with Gasteiger partial charge >= 0.3 is 0 Å². The van der Waals surface area contributed by atoms with Gasteiger partial charge in [-0.1, -0.05) is 103 Å². The average molecular weight is 724 g/mol. The Kier molecular flexibility index (Phi) is 8.20. The van der Waals surface area contributed by atoms with Crippen molar-refractivity contribution in [3.8, 4) is 5.75 Å². The zero-order chi connectivity index (χ0) is 36.2. The van der Waals surface area contributed by atoms with Crippen molar-refractivity contribution in [2.75, 3.05) is 11.9 Å². The molecule has 2 fully saturated rings. The number of ether oxygens (including phenoxy) is 4. The van der Waals surface area contributed by atoms with Crippen molar-refractivity contribution >= 4 is 39.4 Å². The standard InChI is InChI=1S/C43H38ClN5O4/c1-41(2)52-37-40(49-24-23-33-38(44)45-27-46-39(33)49)51-35(42(37,3)53-41)26-50-32-21-19-28-20-22-36(47-34(28)25-32)48-43(29-13-7-4-8-14-29,30-15-9-5-10-16-30)31-17-11-6-12-18-31/h4-25,27,35,37,40H,26H2,1-3H3,(H,47,48)/t35-,37+,40-,42-/m1/s1. The van der Waals surface area contributed by atoms with Crippen LogP contribution in [0.25, 0.3) is 21.9 Å². The number of benzene rings is 4. The quantitative estimate of drug-likeness (QED) is 0.117. The summed E-state index contributed by atoms with van der Waals surface area (Å²) in [7, 11) is 0. The van der Waals surface area contributed by atoms with E-state index in [-0.39, 0.29) is 6.61 Å². The maximum atomic E-state index is 6.69. The molecule has 4 atom stereocenters. The van der Waals surface area contributed by atoms with Gasteiger partial charge in [-0.2, -0.15) is 0 Å². The van der Waals surface area contributed by atoms with E-state index in [0.29, 0.717) is 16.5 Å². The first kappa shape index (κ1) is 33.5. The molecule has 0 unspecified atom stereocenters. The van der Waals surface area contributed by atoms with E-state index in [2.05, 4.69) is 94.1 Å². The van der Waals surface area contributed by atoms with Crippen LogP contribution in [-0.4, -0.2) is 49.7 Å². The Morgan fingerprint density at radius 2 is 1.45 bits per heavy atom. The highest BCUT2D eigenvalue weighted by Crippen LogP contribution is 2.51. The second-order valence-electron chi connectivity index (χ2n) is 14.2. The van der Waals surface area contributed by atoms with Crippen LogP contribution in [0.15, 0.2) is 140 Å². The summed E-state index contributed by atoms with van der Waals surface area (Å²) in [5.74, 6) is 0.573. The highest BCUT2D eigenvalue weighted by Gasteiger charge is 2.64. The first-order valence-corrected chi connectivity index (χ1v) is 18.1. The molecule has 5 heterocycles. The van der Waals surface area contributed by atoms with Gasteiger partial charge in [-0.15, -0.1) is 0 Å². The van der Waals surface area contributed by atoms with E-state index in [1.54, 1.807) is 0 Å². The van der Waals surface area contributed by atoms with Gasteiger partial charge in [-0.05, 0) is 67.8 Å². The highest BCUT2D eigenvalue weighted by atomic mass is 35.5. The number of anilines is 1. The van der Waals surface area contributed by atoms with E-state index in [0.717, 1.165) is 38.8 Å². The number of rotatable bonds is 9. The predicted molar refractivity (Wildman–Crippen MR) is 205 cm³/mol. The average Bonchev–Trinajstić information content (AvgIpc) is 3.80. The molecular weight excluding hydrogens is 686 g/mol. The molecule has 0 bridgehead atoms. The van der Waals surface area contributed by atoms with Gasteiger partial charge in [0.2, 0.25) is 0 Å². The van der Waals surface area contributed by atoms with Crippen molar-refractivity contribution < 1.29 is 18.9 Å². The lowest BCUT2D eigenvalue weighted by Gasteiger charge is -2.37. The predicted octanol–water partition coefficient (Wildman–Crippen LogP) is 8.92. The highest BCUT2D eigenvalue weighted by molar-refractivity contribution is 6.33. The number of halogens is 1. The zero-order valence-electron chi connectivity index (χ0n) is 29.5. The van der Waals surface area contributed by atoms with Crippen LogP contribution in [0.2, 0.25) is 5.15 Å². The summed E-state index contributed by atoms with van der Waals surface area (Å²) in [6.45, 7) is 6.08. The lowest BCUT2D eigenvalue weighted by molar-refractivity contribution is -0.213. The molecule has 53 heavy (non-hydrogen) atoms. The van der Waals surface area contributed by atoms with E-state index in [1.807, 2.05) is 80.1 Å². The molecule has 2 saturated heterocycles. The molecule has 2 aliphatic rings. The molecule has 0 spiro atoms. The van der Waals surface area contributed by atoms with Crippen molar-refractivity contribution in [2.45, 2.75) is 56.1 Å². The fourth-order valence-electron chi connectivity index (χ4n) is 7.96. The summed E-state index contributed by atoms with van der Waals surface area (Å²) in [6, 6.07) is 43.4. The first-order valence-electron chi connectivity index (χ1n) is 17.7. The molecule has 2 aliphatic heterocycles. The smallest absolute Gasteiger partial charge is 0.165 e. The lowest BCUT2D eigenvalue weighted by Crippen LogP contribution is -2.46. The van der Waals surface area contributed by atoms with E-state index >= 15 is 0 Å². The Labute approximate surface area is 312 Å².